The molecule has 0 radical (unpaired) electrons. The van der Waals surface area contributed by atoms with E-state index in [0.717, 1.165) is 0 Å². The molecule has 9 nitrogen and oxygen atoms in total. The van der Waals surface area contributed by atoms with Gasteiger partial charge in [-0.25, -0.2) is 4.79 Å². The van der Waals surface area contributed by atoms with Crippen LogP contribution < -0.4 is 9.47 Å². The van der Waals surface area contributed by atoms with Gasteiger partial charge in [-0.2, -0.15) is 0 Å². The second kappa shape index (κ2) is 7.69. The number of fused-ring (bicyclic) bond motifs is 1. The maximum atomic E-state index is 12.5. The number of allylic oxidation sites excluding steroid dienone is 1. The van der Waals surface area contributed by atoms with E-state index in [-0.39, 0.29) is 23.0 Å². The third kappa shape index (κ3) is 3.25. The van der Waals surface area contributed by atoms with Gasteiger partial charge in [-0.05, 0) is 18.1 Å². The van der Waals surface area contributed by atoms with Gasteiger partial charge in [0.2, 0.25) is 6.29 Å². The molecule has 2 aliphatic rings. The van der Waals surface area contributed by atoms with Crippen molar-refractivity contribution in [3.05, 3.63) is 35.1 Å². The third-order valence-electron chi connectivity index (χ3n) is 5.21. The highest BCUT2D eigenvalue weighted by atomic mass is 16.7. The number of esters is 1. The molecule has 2 aliphatic heterocycles. The minimum atomic E-state index is -1.62. The number of carbonyl (C=O) groups is 1. The van der Waals surface area contributed by atoms with Crippen LogP contribution in [0.1, 0.15) is 34.3 Å². The van der Waals surface area contributed by atoms with Gasteiger partial charge in [0.25, 0.3) is 0 Å². The molecule has 3 rings (SSSR count). The van der Waals surface area contributed by atoms with Crippen LogP contribution in [0, 0.1) is 6.92 Å². The normalized spacial score (nSPS) is 32.5. The van der Waals surface area contributed by atoms with E-state index in [1.165, 1.54) is 13.2 Å². The Labute approximate surface area is 161 Å². The number of benzene rings is 1. The molecule has 0 amide bonds. The van der Waals surface area contributed by atoms with E-state index in [1.807, 2.05) is 6.92 Å². The Morgan fingerprint density at radius 1 is 1.18 bits per heavy atom. The van der Waals surface area contributed by atoms with Crippen LogP contribution in [0.15, 0.2) is 18.4 Å². The first kappa shape index (κ1) is 20.6. The largest absolute Gasteiger partial charge is 0.496 e. The molecule has 1 fully saturated rings. The van der Waals surface area contributed by atoms with Crippen molar-refractivity contribution in [1.82, 2.24) is 0 Å². The van der Waals surface area contributed by atoms with Crippen LogP contribution >= 0.6 is 0 Å². The van der Waals surface area contributed by atoms with Crippen LogP contribution in [-0.4, -0.2) is 70.8 Å². The van der Waals surface area contributed by atoms with Crippen LogP contribution in [0.5, 0.6) is 11.5 Å². The van der Waals surface area contributed by atoms with E-state index in [0.29, 0.717) is 16.9 Å². The zero-order valence-corrected chi connectivity index (χ0v) is 15.8. The topological polar surface area (TPSA) is 135 Å². The van der Waals surface area contributed by atoms with E-state index < -0.39 is 43.3 Å². The predicted molar refractivity (Wildman–Crippen MR) is 95.1 cm³/mol. The molecule has 1 aromatic rings. The molecule has 1 saturated heterocycles. The number of rotatable bonds is 4. The molecule has 28 heavy (non-hydrogen) atoms. The fourth-order valence-electron chi connectivity index (χ4n) is 3.52. The van der Waals surface area contributed by atoms with Crippen molar-refractivity contribution in [2.75, 3.05) is 13.7 Å². The Bertz CT molecular complexity index is 788. The van der Waals surface area contributed by atoms with Gasteiger partial charge in [0.1, 0.15) is 47.2 Å². The molecule has 6 unspecified atom stereocenters. The lowest BCUT2D eigenvalue weighted by atomic mass is 9.87. The van der Waals surface area contributed by atoms with E-state index in [1.54, 1.807) is 6.92 Å². The summed E-state index contributed by atoms with van der Waals surface area (Å²) in [5.41, 5.74) is 1.46. The number of aliphatic hydroxyl groups is 4. The molecule has 0 saturated carbocycles. The Kier molecular flexibility index (Phi) is 5.64. The highest BCUT2D eigenvalue weighted by Crippen LogP contribution is 2.44. The van der Waals surface area contributed by atoms with Crippen molar-refractivity contribution in [2.24, 2.45) is 0 Å². The molecule has 2 heterocycles. The third-order valence-corrected chi connectivity index (χ3v) is 5.21. The van der Waals surface area contributed by atoms with Crippen LogP contribution in [-0.2, 0) is 9.47 Å². The Balaban J connectivity index is 2.05. The number of carbonyl (C=O) groups excluding carboxylic acids is 1. The number of aliphatic hydroxyl groups excluding tert-OH is 4. The van der Waals surface area contributed by atoms with Crippen molar-refractivity contribution in [3.63, 3.8) is 0 Å². The lowest BCUT2D eigenvalue weighted by Crippen LogP contribution is -2.60. The minimum absolute atomic E-state index is 0.0196. The van der Waals surface area contributed by atoms with Gasteiger partial charge < -0.3 is 39.4 Å². The highest BCUT2D eigenvalue weighted by molar-refractivity contribution is 5.97. The van der Waals surface area contributed by atoms with Crippen LogP contribution in [0.4, 0.5) is 0 Å². The first-order valence-corrected chi connectivity index (χ1v) is 8.80. The molecular formula is C19H24O9. The van der Waals surface area contributed by atoms with E-state index in [4.69, 9.17) is 18.9 Å². The van der Waals surface area contributed by atoms with E-state index in [2.05, 4.69) is 6.58 Å². The Morgan fingerprint density at radius 2 is 1.86 bits per heavy atom. The average Bonchev–Trinajstić information content (AvgIpc) is 2.67. The SMILES string of the molecule is C=C1OC(=O)c2c(OC3OC(CO)C(O)C(O)C3O)cc(OC)c(C)c2C1C. The first-order valence-electron chi connectivity index (χ1n) is 8.80. The summed E-state index contributed by atoms with van der Waals surface area (Å²) >= 11 is 0. The molecule has 9 heteroatoms. The predicted octanol–water partition coefficient (Wildman–Crippen LogP) is -0.0301. The Hall–Kier alpha value is -2.17. The molecule has 0 aromatic heterocycles. The zero-order valence-electron chi connectivity index (χ0n) is 15.8. The average molecular weight is 396 g/mol. The van der Waals surface area contributed by atoms with Gasteiger partial charge >= 0.3 is 5.97 Å². The number of methoxy groups -OCH3 is 1. The summed E-state index contributed by atoms with van der Waals surface area (Å²) in [4.78, 5) is 12.5. The van der Waals surface area contributed by atoms with Gasteiger partial charge in [0.15, 0.2) is 0 Å². The summed E-state index contributed by atoms with van der Waals surface area (Å²) in [5, 5.41) is 39.4. The van der Waals surface area contributed by atoms with Gasteiger partial charge in [-0.15, -0.1) is 0 Å². The number of ether oxygens (including phenoxy) is 4. The summed E-state index contributed by atoms with van der Waals surface area (Å²) < 4.78 is 21.6. The molecule has 0 aliphatic carbocycles. The van der Waals surface area contributed by atoms with Gasteiger partial charge in [0.05, 0.1) is 13.7 Å². The molecule has 0 bridgehead atoms. The van der Waals surface area contributed by atoms with Crippen molar-refractivity contribution in [2.45, 2.75) is 50.5 Å². The fourth-order valence-corrected chi connectivity index (χ4v) is 3.52. The van der Waals surface area contributed by atoms with Gasteiger partial charge in [0, 0.05) is 12.0 Å². The quantitative estimate of drug-likeness (QED) is 0.518. The van der Waals surface area contributed by atoms with Crippen LogP contribution in [0.2, 0.25) is 0 Å². The zero-order chi connectivity index (χ0) is 20.7. The van der Waals surface area contributed by atoms with Crippen molar-refractivity contribution < 1.29 is 44.2 Å². The minimum Gasteiger partial charge on any atom is -0.496 e. The van der Waals surface area contributed by atoms with Crippen molar-refractivity contribution in [3.8, 4) is 11.5 Å². The standard InChI is InChI=1S/C19H24O9/c1-7-9(3)26-18(24)14-11(5-10(25-4)8(2)13(7)14)27-19-17(23)16(22)15(21)12(6-20)28-19/h5,7,12,15-17,19-23H,3,6H2,1-2,4H3. The second-order valence-corrected chi connectivity index (χ2v) is 6.88. The van der Waals surface area contributed by atoms with E-state index in [9.17, 15) is 25.2 Å². The smallest absolute Gasteiger partial charge is 0.347 e. The first-order chi connectivity index (χ1) is 13.2. The summed E-state index contributed by atoms with van der Waals surface area (Å²) in [6, 6.07) is 1.46. The number of hydrogen-bond donors (Lipinski definition) is 4. The Morgan fingerprint density at radius 3 is 2.46 bits per heavy atom. The second-order valence-electron chi connectivity index (χ2n) is 6.88. The number of cyclic esters (lactones) is 1. The molecule has 0 spiro atoms. The van der Waals surface area contributed by atoms with E-state index >= 15 is 0 Å². The lowest BCUT2D eigenvalue weighted by Gasteiger charge is -2.40. The summed E-state index contributed by atoms with van der Waals surface area (Å²) in [6.45, 7) is 6.77. The molecule has 154 valence electrons. The molecule has 1 aromatic carbocycles. The van der Waals surface area contributed by atoms with Gasteiger partial charge in [-0.1, -0.05) is 13.5 Å². The van der Waals surface area contributed by atoms with Gasteiger partial charge in [-0.3, -0.25) is 0 Å². The monoisotopic (exact) mass is 396 g/mol. The summed E-state index contributed by atoms with van der Waals surface area (Å²) in [5.74, 6) is -0.255. The molecule has 6 atom stereocenters. The van der Waals surface area contributed by atoms with Crippen molar-refractivity contribution in [1.29, 1.82) is 0 Å². The molecular weight excluding hydrogens is 372 g/mol. The van der Waals surface area contributed by atoms with Crippen LogP contribution in [0.3, 0.4) is 0 Å². The lowest BCUT2D eigenvalue weighted by molar-refractivity contribution is -0.277. The summed E-state index contributed by atoms with van der Waals surface area (Å²) in [7, 11) is 1.47. The maximum absolute atomic E-state index is 12.5. The van der Waals surface area contributed by atoms with Crippen LogP contribution in [0.25, 0.3) is 0 Å². The fraction of sp³-hybridized carbons (Fsp3) is 0.526. The number of hydrogen-bond acceptors (Lipinski definition) is 9. The maximum Gasteiger partial charge on any atom is 0.347 e. The molecule has 4 N–H and O–H groups in total. The summed E-state index contributed by atoms with van der Waals surface area (Å²) in [6.07, 6.45) is -7.33. The highest BCUT2D eigenvalue weighted by Gasteiger charge is 2.45. The van der Waals surface area contributed by atoms with Crippen molar-refractivity contribution >= 4 is 5.97 Å².